The van der Waals surface area contributed by atoms with Gasteiger partial charge in [-0.05, 0) is 13.0 Å². The third kappa shape index (κ3) is 0.303. The van der Waals surface area contributed by atoms with Crippen molar-refractivity contribution in [3.8, 4) is 0 Å². The van der Waals surface area contributed by atoms with E-state index in [4.69, 9.17) is 10.2 Å². The summed E-state index contributed by atoms with van der Waals surface area (Å²) in [5.41, 5.74) is -0.944. The molecule has 0 bridgehead atoms. The van der Waals surface area contributed by atoms with Gasteiger partial charge in [0.2, 0.25) is 0 Å². The van der Waals surface area contributed by atoms with E-state index in [0.717, 1.165) is 0 Å². The second-order valence-corrected chi connectivity index (χ2v) is 1.68. The monoisotopic (exact) mass is 86.0 g/mol. The molecular formula is C4H6O2. The number of rotatable bonds is 0. The van der Waals surface area contributed by atoms with Gasteiger partial charge in [-0.1, -0.05) is 0 Å². The van der Waals surface area contributed by atoms with Crippen LogP contribution in [0, 0.1) is 0 Å². The Hall–Kier alpha value is -0.500. The Morgan fingerprint density at radius 3 is 2.00 bits per heavy atom. The van der Waals surface area contributed by atoms with Crippen LogP contribution in [0.1, 0.15) is 6.92 Å². The van der Waals surface area contributed by atoms with Crippen LogP contribution < -0.4 is 0 Å². The molecule has 0 spiro atoms. The molecule has 0 radical (unpaired) electrons. The zero-order valence-corrected chi connectivity index (χ0v) is 3.47. The lowest BCUT2D eigenvalue weighted by atomic mass is 10.4. The molecule has 1 unspecified atom stereocenters. The maximum absolute atomic E-state index is 8.56. The van der Waals surface area contributed by atoms with Gasteiger partial charge in [-0.2, -0.15) is 0 Å². The van der Waals surface area contributed by atoms with Gasteiger partial charge in [0.1, 0.15) is 11.4 Å². The van der Waals surface area contributed by atoms with Crippen LogP contribution in [0.2, 0.25) is 0 Å². The summed E-state index contributed by atoms with van der Waals surface area (Å²) in [6.45, 7) is 1.53. The number of aliphatic hydroxyl groups is 2. The molecule has 1 atom stereocenters. The molecule has 0 aromatic heterocycles. The molecule has 2 nitrogen and oxygen atoms in total. The fraction of sp³-hybridized carbons (Fsp3) is 0.500. The first-order chi connectivity index (χ1) is 2.63. The SMILES string of the molecule is CC1(O)C=C1O. The van der Waals surface area contributed by atoms with Crippen molar-refractivity contribution < 1.29 is 10.2 Å². The molecule has 0 saturated carbocycles. The number of aliphatic hydroxyl groups excluding tert-OH is 1. The van der Waals surface area contributed by atoms with E-state index in [2.05, 4.69) is 0 Å². The Morgan fingerprint density at radius 1 is 1.83 bits per heavy atom. The van der Waals surface area contributed by atoms with Crippen molar-refractivity contribution in [1.29, 1.82) is 0 Å². The second-order valence-electron chi connectivity index (χ2n) is 1.68. The normalized spacial score (nSPS) is 42.0. The van der Waals surface area contributed by atoms with Gasteiger partial charge in [-0.15, -0.1) is 0 Å². The Kier molecular flexibility index (Phi) is 0.375. The molecular weight excluding hydrogens is 80.0 g/mol. The maximum atomic E-state index is 8.56. The summed E-state index contributed by atoms with van der Waals surface area (Å²) in [6, 6.07) is 0. The average Bonchev–Trinajstić information content (AvgIpc) is 1.73. The average molecular weight is 86.1 g/mol. The van der Waals surface area contributed by atoms with Crippen LogP contribution in [0.5, 0.6) is 0 Å². The first-order valence-electron chi connectivity index (χ1n) is 1.77. The molecule has 0 fully saturated rings. The van der Waals surface area contributed by atoms with E-state index in [9.17, 15) is 0 Å². The zero-order valence-electron chi connectivity index (χ0n) is 3.47. The van der Waals surface area contributed by atoms with Gasteiger partial charge in [0.05, 0.1) is 0 Å². The maximum Gasteiger partial charge on any atom is 0.140 e. The highest BCUT2D eigenvalue weighted by Gasteiger charge is 2.36. The van der Waals surface area contributed by atoms with E-state index in [1.807, 2.05) is 0 Å². The Morgan fingerprint density at radius 2 is 2.00 bits per heavy atom. The fourth-order valence-electron chi connectivity index (χ4n) is 0.230. The van der Waals surface area contributed by atoms with Crippen molar-refractivity contribution in [1.82, 2.24) is 0 Å². The van der Waals surface area contributed by atoms with E-state index in [1.54, 1.807) is 0 Å². The van der Waals surface area contributed by atoms with Crippen molar-refractivity contribution in [2.75, 3.05) is 0 Å². The number of hydrogen-bond acceptors (Lipinski definition) is 2. The number of hydrogen-bond donors (Lipinski definition) is 2. The van der Waals surface area contributed by atoms with Gasteiger partial charge in [0.25, 0.3) is 0 Å². The van der Waals surface area contributed by atoms with Gasteiger partial charge < -0.3 is 10.2 Å². The minimum absolute atomic E-state index is 0.0856. The van der Waals surface area contributed by atoms with Crippen LogP contribution in [-0.2, 0) is 0 Å². The quantitative estimate of drug-likeness (QED) is 0.442. The summed E-state index contributed by atoms with van der Waals surface area (Å²) < 4.78 is 0. The predicted molar refractivity (Wildman–Crippen MR) is 21.3 cm³/mol. The summed E-state index contributed by atoms with van der Waals surface area (Å²) in [5, 5.41) is 16.9. The molecule has 2 N–H and O–H groups in total. The molecule has 1 rings (SSSR count). The molecule has 0 aromatic rings. The molecule has 1 aliphatic carbocycles. The van der Waals surface area contributed by atoms with Crippen molar-refractivity contribution in [3.63, 3.8) is 0 Å². The van der Waals surface area contributed by atoms with Gasteiger partial charge >= 0.3 is 0 Å². The van der Waals surface area contributed by atoms with E-state index >= 15 is 0 Å². The van der Waals surface area contributed by atoms with E-state index in [0.29, 0.717) is 0 Å². The van der Waals surface area contributed by atoms with Crippen molar-refractivity contribution in [3.05, 3.63) is 11.8 Å². The molecule has 0 aromatic carbocycles. The molecule has 1 aliphatic rings. The lowest BCUT2D eigenvalue weighted by Gasteiger charge is -1.92. The zero-order chi connectivity index (χ0) is 4.78. The Balaban J connectivity index is 2.53. The molecule has 0 saturated heterocycles. The van der Waals surface area contributed by atoms with Crippen LogP contribution in [0.3, 0.4) is 0 Å². The van der Waals surface area contributed by atoms with E-state index in [-0.39, 0.29) is 5.76 Å². The van der Waals surface area contributed by atoms with Crippen LogP contribution in [0.25, 0.3) is 0 Å². The first kappa shape index (κ1) is 3.68. The summed E-state index contributed by atoms with van der Waals surface area (Å²) in [7, 11) is 0. The van der Waals surface area contributed by atoms with Gasteiger partial charge in [-0.3, -0.25) is 0 Å². The Labute approximate surface area is 35.7 Å². The van der Waals surface area contributed by atoms with Gasteiger partial charge in [0.15, 0.2) is 0 Å². The standard InChI is InChI=1S/C4H6O2/c1-4(6)2-3(4)5/h2,5-6H,1H3. The van der Waals surface area contributed by atoms with Crippen molar-refractivity contribution in [2.45, 2.75) is 12.5 Å². The smallest absolute Gasteiger partial charge is 0.140 e. The lowest BCUT2D eigenvalue weighted by molar-refractivity contribution is 0.154. The largest absolute Gasteiger partial charge is 0.509 e. The highest BCUT2D eigenvalue weighted by atomic mass is 16.3. The molecule has 0 heterocycles. The molecule has 6 heavy (non-hydrogen) atoms. The molecule has 2 heteroatoms. The minimum atomic E-state index is -0.944. The lowest BCUT2D eigenvalue weighted by Crippen LogP contribution is -2.03. The van der Waals surface area contributed by atoms with Gasteiger partial charge in [-0.25, -0.2) is 0 Å². The molecule has 0 aliphatic heterocycles. The van der Waals surface area contributed by atoms with Crippen LogP contribution >= 0.6 is 0 Å². The van der Waals surface area contributed by atoms with Gasteiger partial charge in [0, 0.05) is 0 Å². The predicted octanol–water partition coefficient (Wildman–Crippen LogP) is 0.193. The van der Waals surface area contributed by atoms with Crippen molar-refractivity contribution in [2.24, 2.45) is 0 Å². The van der Waals surface area contributed by atoms with Crippen LogP contribution in [0.4, 0.5) is 0 Å². The second kappa shape index (κ2) is 0.611. The Bertz CT molecular complexity index is 102. The third-order valence-corrected chi connectivity index (χ3v) is 0.853. The first-order valence-corrected chi connectivity index (χ1v) is 1.77. The van der Waals surface area contributed by atoms with E-state index in [1.165, 1.54) is 13.0 Å². The summed E-state index contributed by atoms with van der Waals surface area (Å²) >= 11 is 0. The minimum Gasteiger partial charge on any atom is -0.509 e. The topological polar surface area (TPSA) is 40.5 Å². The highest BCUT2D eigenvalue weighted by molar-refractivity contribution is 5.33. The summed E-state index contributed by atoms with van der Waals surface area (Å²) in [6.07, 6.45) is 1.38. The third-order valence-electron chi connectivity index (χ3n) is 0.853. The van der Waals surface area contributed by atoms with Crippen LogP contribution in [0.15, 0.2) is 11.8 Å². The fourth-order valence-corrected chi connectivity index (χ4v) is 0.230. The highest BCUT2D eigenvalue weighted by Crippen LogP contribution is 2.29. The van der Waals surface area contributed by atoms with E-state index < -0.39 is 5.60 Å². The molecule has 0 amide bonds. The molecule has 34 valence electrons. The van der Waals surface area contributed by atoms with Crippen LogP contribution in [-0.4, -0.2) is 15.8 Å². The summed E-state index contributed by atoms with van der Waals surface area (Å²) in [4.78, 5) is 0. The summed E-state index contributed by atoms with van der Waals surface area (Å²) in [5.74, 6) is 0.0856. The van der Waals surface area contributed by atoms with Crippen molar-refractivity contribution >= 4 is 0 Å².